The molecule has 0 atom stereocenters. The molecule has 0 radical (unpaired) electrons. The lowest BCUT2D eigenvalue weighted by Crippen LogP contribution is -2.47. The van der Waals surface area contributed by atoms with Crippen molar-refractivity contribution in [2.45, 2.75) is 26.7 Å². The van der Waals surface area contributed by atoms with E-state index < -0.39 is 0 Å². The lowest BCUT2D eigenvalue weighted by atomic mass is 10.2. The fraction of sp³-hybridized carbons (Fsp3) is 0.476. The molecular formula is C21H27N5O. The third-order valence-electron chi connectivity index (χ3n) is 5.41. The van der Waals surface area contributed by atoms with Crippen LogP contribution in [0, 0.1) is 13.8 Å². The molecule has 1 amide bonds. The minimum Gasteiger partial charge on any atom is -0.368 e. The Balaban J connectivity index is 1.47. The van der Waals surface area contributed by atoms with Crippen LogP contribution in [-0.4, -0.2) is 60.0 Å². The van der Waals surface area contributed by atoms with Crippen molar-refractivity contribution in [1.82, 2.24) is 14.9 Å². The Morgan fingerprint density at radius 1 is 0.889 bits per heavy atom. The third kappa shape index (κ3) is 3.89. The summed E-state index contributed by atoms with van der Waals surface area (Å²) in [6, 6.07) is 10.5. The lowest BCUT2D eigenvalue weighted by Gasteiger charge is -2.37. The van der Waals surface area contributed by atoms with Crippen molar-refractivity contribution in [3.05, 3.63) is 47.4 Å². The summed E-state index contributed by atoms with van der Waals surface area (Å²) in [6.07, 6.45) is 2.17. The van der Waals surface area contributed by atoms with Crippen molar-refractivity contribution in [1.29, 1.82) is 0 Å². The molecule has 0 saturated carbocycles. The number of hydrogen-bond donors (Lipinski definition) is 0. The first-order valence-corrected chi connectivity index (χ1v) is 9.82. The van der Waals surface area contributed by atoms with Crippen LogP contribution in [0.5, 0.6) is 0 Å². The molecule has 0 unspecified atom stereocenters. The maximum atomic E-state index is 12.7. The van der Waals surface area contributed by atoms with E-state index in [4.69, 9.17) is 0 Å². The molecule has 4 rings (SSSR count). The van der Waals surface area contributed by atoms with Gasteiger partial charge in [-0.3, -0.25) is 4.79 Å². The average molecular weight is 365 g/mol. The number of aromatic nitrogens is 2. The number of carbonyl (C=O) groups is 1. The summed E-state index contributed by atoms with van der Waals surface area (Å²) in [5.41, 5.74) is 3.09. The van der Waals surface area contributed by atoms with Gasteiger partial charge in [-0.2, -0.15) is 0 Å². The van der Waals surface area contributed by atoms with E-state index in [9.17, 15) is 4.79 Å². The normalized spacial score (nSPS) is 17.5. The number of nitrogens with zero attached hydrogens (tertiary/aromatic N) is 5. The molecule has 0 spiro atoms. The van der Waals surface area contributed by atoms with E-state index in [0.29, 0.717) is 11.5 Å². The van der Waals surface area contributed by atoms with Gasteiger partial charge in [-0.15, -0.1) is 0 Å². The van der Waals surface area contributed by atoms with Crippen LogP contribution in [0.1, 0.15) is 34.7 Å². The van der Waals surface area contributed by atoms with Gasteiger partial charge in [0.05, 0.1) is 0 Å². The zero-order chi connectivity index (χ0) is 18.8. The maximum absolute atomic E-state index is 12.7. The zero-order valence-corrected chi connectivity index (χ0v) is 16.2. The zero-order valence-electron chi connectivity index (χ0n) is 16.2. The van der Waals surface area contributed by atoms with Crippen LogP contribution in [0.15, 0.2) is 30.3 Å². The number of hydrogen-bond acceptors (Lipinski definition) is 5. The molecular weight excluding hydrogens is 338 g/mol. The largest absolute Gasteiger partial charge is 0.368 e. The van der Waals surface area contributed by atoms with E-state index in [0.717, 1.165) is 57.9 Å². The second-order valence-corrected chi connectivity index (χ2v) is 7.47. The SMILES string of the molecule is Cc1cccc(N2CCN(c3cc(C(=O)N4CCCC4)nc(C)n3)CC2)c1. The van der Waals surface area contributed by atoms with E-state index in [-0.39, 0.29) is 5.91 Å². The molecule has 6 nitrogen and oxygen atoms in total. The summed E-state index contributed by atoms with van der Waals surface area (Å²) in [5, 5.41) is 0. The summed E-state index contributed by atoms with van der Waals surface area (Å²) in [7, 11) is 0. The average Bonchev–Trinajstić information content (AvgIpc) is 3.22. The maximum Gasteiger partial charge on any atom is 0.272 e. The standard InChI is InChI=1S/C21H27N5O/c1-16-6-5-7-18(14-16)24-10-12-25(13-11-24)20-15-19(22-17(2)23-20)21(27)26-8-3-4-9-26/h5-7,14-15H,3-4,8-13H2,1-2H3. The first kappa shape index (κ1) is 17.8. The molecule has 0 aliphatic carbocycles. The molecule has 142 valence electrons. The Bertz CT molecular complexity index is 823. The van der Waals surface area contributed by atoms with Crippen LogP contribution in [-0.2, 0) is 0 Å². The Morgan fingerprint density at radius 2 is 1.59 bits per heavy atom. The molecule has 6 heteroatoms. The summed E-state index contributed by atoms with van der Waals surface area (Å²) in [6.45, 7) is 9.35. The van der Waals surface area contributed by atoms with E-state index in [1.165, 1.54) is 11.3 Å². The van der Waals surface area contributed by atoms with Gasteiger partial charge < -0.3 is 14.7 Å². The summed E-state index contributed by atoms with van der Waals surface area (Å²) in [4.78, 5) is 28.3. The topological polar surface area (TPSA) is 52.6 Å². The van der Waals surface area contributed by atoms with Gasteiger partial charge in [0.1, 0.15) is 17.3 Å². The number of anilines is 2. The van der Waals surface area contributed by atoms with Gasteiger partial charge in [0.15, 0.2) is 0 Å². The first-order valence-electron chi connectivity index (χ1n) is 9.82. The number of benzene rings is 1. The predicted octanol–water partition coefficient (Wildman–Crippen LogP) is 2.66. The van der Waals surface area contributed by atoms with E-state index >= 15 is 0 Å². The van der Waals surface area contributed by atoms with Gasteiger partial charge >= 0.3 is 0 Å². The van der Waals surface area contributed by atoms with Crippen LogP contribution >= 0.6 is 0 Å². The summed E-state index contributed by atoms with van der Waals surface area (Å²) < 4.78 is 0. The monoisotopic (exact) mass is 365 g/mol. The van der Waals surface area contributed by atoms with E-state index in [1.54, 1.807) is 0 Å². The van der Waals surface area contributed by atoms with Crippen LogP contribution < -0.4 is 9.80 Å². The van der Waals surface area contributed by atoms with Crippen molar-refractivity contribution in [2.24, 2.45) is 0 Å². The molecule has 2 aliphatic rings. The van der Waals surface area contributed by atoms with Crippen LogP contribution in [0.3, 0.4) is 0 Å². The molecule has 3 heterocycles. The first-order chi connectivity index (χ1) is 13.1. The number of piperazine rings is 1. The molecule has 2 aromatic rings. The van der Waals surface area contributed by atoms with Crippen LogP contribution in [0.4, 0.5) is 11.5 Å². The summed E-state index contributed by atoms with van der Waals surface area (Å²) >= 11 is 0. The van der Waals surface area contributed by atoms with Gasteiger partial charge in [0.2, 0.25) is 0 Å². The van der Waals surface area contributed by atoms with Gasteiger partial charge in [-0.1, -0.05) is 12.1 Å². The number of likely N-dealkylation sites (tertiary alicyclic amines) is 1. The molecule has 27 heavy (non-hydrogen) atoms. The number of carbonyl (C=O) groups excluding carboxylic acids is 1. The van der Waals surface area contributed by atoms with E-state index in [1.807, 2.05) is 17.9 Å². The molecule has 2 aliphatic heterocycles. The lowest BCUT2D eigenvalue weighted by molar-refractivity contribution is 0.0786. The predicted molar refractivity (Wildman–Crippen MR) is 108 cm³/mol. The van der Waals surface area contributed by atoms with Gasteiger partial charge in [-0.25, -0.2) is 9.97 Å². The highest BCUT2D eigenvalue weighted by molar-refractivity contribution is 5.93. The molecule has 1 aromatic carbocycles. The highest BCUT2D eigenvalue weighted by atomic mass is 16.2. The number of rotatable bonds is 3. The fourth-order valence-corrected chi connectivity index (χ4v) is 3.92. The van der Waals surface area contributed by atoms with Crippen LogP contribution in [0.2, 0.25) is 0 Å². The Labute approximate surface area is 160 Å². The quantitative estimate of drug-likeness (QED) is 0.837. The van der Waals surface area contributed by atoms with Gasteiger partial charge in [0, 0.05) is 51.0 Å². The second kappa shape index (κ2) is 7.55. The Morgan fingerprint density at radius 3 is 2.30 bits per heavy atom. The smallest absolute Gasteiger partial charge is 0.272 e. The van der Waals surface area contributed by atoms with Crippen molar-refractivity contribution in [2.75, 3.05) is 49.1 Å². The van der Waals surface area contributed by atoms with E-state index in [2.05, 4.69) is 51.0 Å². The second-order valence-electron chi connectivity index (χ2n) is 7.47. The van der Waals surface area contributed by atoms with Crippen molar-refractivity contribution < 1.29 is 4.79 Å². The van der Waals surface area contributed by atoms with Gasteiger partial charge in [0.25, 0.3) is 5.91 Å². The number of amides is 1. The molecule has 2 fully saturated rings. The highest BCUT2D eigenvalue weighted by Gasteiger charge is 2.24. The highest BCUT2D eigenvalue weighted by Crippen LogP contribution is 2.21. The molecule has 2 saturated heterocycles. The summed E-state index contributed by atoms with van der Waals surface area (Å²) in [5.74, 6) is 1.57. The minimum absolute atomic E-state index is 0.0395. The molecule has 1 aromatic heterocycles. The number of aryl methyl sites for hydroxylation is 2. The Hall–Kier alpha value is -2.63. The van der Waals surface area contributed by atoms with Crippen molar-refractivity contribution in [3.8, 4) is 0 Å². The molecule has 0 N–H and O–H groups in total. The van der Waals surface area contributed by atoms with Crippen molar-refractivity contribution >= 4 is 17.4 Å². The minimum atomic E-state index is 0.0395. The van der Waals surface area contributed by atoms with Crippen LogP contribution in [0.25, 0.3) is 0 Å². The third-order valence-corrected chi connectivity index (χ3v) is 5.41. The van der Waals surface area contributed by atoms with Crippen molar-refractivity contribution in [3.63, 3.8) is 0 Å². The fourth-order valence-electron chi connectivity index (χ4n) is 3.92. The Kier molecular flexibility index (Phi) is 4.97. The molecule has 0 bridgehead atoms. The van der Waals surface area contributed by atoms with Gasteiger partial charge in [-0.05, 0) is 44.4 Å².